The van der Waals surface area contributed by atoms with Crippen LogP contribution in [0.25, 0.3) is 0 Å². The molecule has 0 radical (unpaired) electrons. The van der Waals surface area contributed by atoms with Gasteiger partial charge in [-0.2, -0.15) is 10.2 Å². The standard InChI is InChI=1S/C9H12N4OS/c1-13(5-3-8(10)15)9(14)7-2-4-11-12-6-7/h2,4,6H,3,5H2,1H3,(H2,10,15). The van der Waals surface area contributed by atoms with E-state index in [0.717, 1.165) is 0 Å². The Morgan fingerprint density at radius 1 is 1.60 bits per heavy atom. The van der Waals surface area contributed by atoms with Gasteiger partial charge in [0, 0.05) is 20.0 Å². The van der Waals surface area contributed by atoms with Crippen LogP contribution in [0.2, 0.25) is 0 Å². The number of carbonyl (C=O) groups is 1. The van der Waals surface area contributed by atoms with Crippen molar-refractivity contribution in [3.05, 3.63) is 24.0 Å². The quantitative estimate of drug-likeness (QED) is 0.741. The summed E-state index contributed by atoms with van der Waals surface area (Å²) in [5, 5.41) is 7.24. The highest BCUT2D eigenvalue weighted by molar-refractivity contribution is 7.80. The van der Waals surface area contributed by atoms with Crippen LogP contribution in [0.15, 0.2) is 18.5 Å². The molecule has 0 saturated carbocycles. The van der Waals surface area contributed by atoms with E-state index in [9.17, 15) is 4.79 Å². The van der Waals surface area contributed by atoms with Crippen LogP contribution in [0.1, 0.15) is 16.8 Å². The molecule has 0 fully saturated rings. The maximum absolute atomic E-state index is 11.7. The summed E-state index contributed by atoms with van der Waals surface area (Å²) in [5.41, 5.74) is 5.86. The second-order valence-corrected chi connectivity index (χ2v) is 3.60. The minimum atomic E-state index is -0.110. The summed E-state index contributed by atoms with van der Waals surface area (Å²) in [6.07, 6.45) is 3.43. The number of rotatable bonds is 4. The Hall–Kier alpha value is -1.56. The van der Waals surface area contributed by atoms with Gasteiger partial charge in [-0.05, 0) is 6.07 Å². The van der Waals surface area contributed by atoms with Gasteiger partial charge in [-0.25, -0.2) is 0 Å². The van der Waals surface area contributed by atoms with Gasteiger partial charge in [-0.3, -0.25) is 4.79 Å². The van der Waals surface area contributed by atoms with Crippen molar-refractivity contribution >= 4 is 23.1 Å². The first kappa shape index (κ1) is 11.5. The molecule has 0 bridgehead atoms. The van der Waals surface area contributed by atoms with Crippen molar-refractivity contribution in [2.75, 3.05) is 13.6 Å². The van der Waals surface area contributed by atoms with Gasteiger partial charge in [0.05, 0.1) is 22.9 Å². The molecule has 2 N–H and O–H groups in total. The molecular weight excluding hydrogens is 212 g/mol. The van der Waals surface area contributed by atoms with E-state index in [0.29, 0.717) is 23.5 Å². The summed E-state index contributed by atoms with van der Waals surface area (Å²) in [4.78, 5) is 13.7. The summed E-state index contributed by atoms with van der Waals surface area (Å²) in [6.45, 7) is 0.510. The molecule has 0 unspecified atom stereocenters. The van der Waals surface area contributed by atoms with Crippen LogP contribution in [0.4, 0.5) is 0 Å². The molecule has 6 heteroatoms. The normalized spacial score (nSPS) is 9.67. The van der Waals surface area contributed by atoms with Crippen molar-refractivity contribution in [1.82, 2.24) is 15.1 Å². The highest BCUT2D eigenvalue weighted by Crippen LogP contribution is 2.00. The molecule has 0 atom stereocenters. The predicted octanol–water partition coefficient (Wildman–Crippen LogP) is 0.225. The topological polar surface area (TPSA) is 72.1 Å². The molecule has 0 aliphatic rings. The lowest BCUT2D eigenvalue weighted by Crippen LogP contribution is -2.30. The van der Waals surface area contributed by atoms with Crippen LogP contribution in [-0.4, -0.2) is 39.6 Å². The van der Waals surface area contributed by atoms with Crippen LogP contribution in [0.5, 0.6) is 0 Å². The summed E-state index contributed by atoms with van der Waals surface area (Å²) in [5.74, 6) is -0.110. The molecule has 15 heavy (non-hydrogen) atoms. The number of hydrogen-bond acceptors (Lipinski definition) is 4. The molecule has 0 spiro atoms. The second kappa shape index (κ2) is 5.35. The molecule has 80 valence electrons. The Kier molecular flexibility index (Phi) is 4.11. The fraction of sp³-hybridized carbons (Fsp3) is 0.333. The Bertz CT molecular complexity index is 354. The van der Waals surface area contributed by atoms with Crippen LogP contribution in [-0.2, 0) is 0 Å². The highest BCUT2D eigenvalue weighted by Gasteiger charge is 2.11. The molecule has 1 amide bonds. The number of nitrogens with two attached hydrogens (primary N) is 1. The monoisotopic (exact) mass is 224 g/mol. The Morgan fingerprint density at radius 3 is 2.87 bits per heavy atom. The number of thiocarbonyl (C=S) groups is 1. The molecule has 1 aromatic rings. The van der Waals surface area contributed by atoms with E-state index in [2.05, 4.69) is 10.2 Å². The van der Waals surface area contributed by atoms with Gasteiger partial charge in [-0.1, -0.05) is 12.2 Å². The van der Waals surface area contributed by atoms with Gasteiger partial charge in [0.15, 0.2) is 0 Å². The minimum absolute atomic E-state index is 0.110. The largest absolute Gasteiger partial charge is 0.393 e. The molecule has 5 nitrogen and oxygen atoms in total. The number of aromatic nitrogens is 2. The first-order valence-corrected chi connectivity index (χ1v) is 4.82. The third kappa shape index (κ3) is 3.59. The van der Waals surface area contributed by atoms with Gasteiger partial charge in [0.2, 0.25) is 0 Å². The zero-order valence-electron chi connectivity index (χ0n) is 8.38. The highest BCUT2D eigenvalue weighted by atomic mass is 32.1. The first-order valence-electron chi connectivity index (χ1n) is 4.41. The zero-order valence-corrected chi connectivity index (χ0v) is 9.20. The van der Waals surface area contributed by atoms with Crippen LogP contribution in [0.3, 0.4) is 0 Å². The molecule has 0 saturated heterocycles. The third-order valence-electron chi connectivity index (χ3n) is 1.87. The average molecular weight is 224 g/mol. The van der Waals surface area contributed by atoms with Crippen molar-refractivity contribution in [2.45, 2.75) is 6.42 Å². The molecule has 1 aromatic heterocycles. The van der Waals surface area contributed by atoms with Crippen LogP contribution in [0, 0.1) is 0 Å². The van der Waals surface area contributed by atoms with Crippen molar-refractivity contribution in [3.8, 4) is 0 Å². The van der Waals surface area contributed by atoms with Crippen molar-refractivity contribution < 1.29 is 4.79 Å². The number of hydrogen-bond donors (Lipinski definition) is 1. The van der Waals surface area contributed by atoms with Crippen molar-refractivity contribution in [3.63, 3.8) is 0 Å². The zero-order chi connectivity index (χ0) is 11.3. The molecule has 1 heterocycles. The lowest BCUT2D eigenvalue weighted by atomic mass is 10.2. The Labute approximate surface area is 93.3 Å². The smallest absolute Gasteiger partial charge is 0.255 e. The van der Waals surface area contributed by atoms with E-state index in [1.54, 1.807) is 18.0 Å². The van der Waals surface area contributed by atoms with E-state index in [1.165, 1.54) is 12.4 Å². The van der Waals surface area contributed by atoms with E-state index in [-0.39, 0.29) is 5.91 Å². The van der Waals surface area contributed by atoms with Gasteiger partial charge in [0.25, 0.3) is 5.91 Å². The summed E-state index contributed by atoms with van der Waals surface area (Å²) in [6, 6.07) is 1.62. The van der Waals surface area contributed by atoms with E-state index >= 15 is 0 Å². The second-order valence-electron chi connectivity index (χ2n) is 3.07. The van der Waals surface area contributed by atoms with E-state index in [1.807, 2.05) is 0 Å². The van der Waals surface area contributed by atoms with E-state index in [4.69, 9.17) is 18.0 Å². The van der Waals surface area contributed by atoms with Crippen molar-refractivity contribution in [2.24, 2.45) is 5.73 Å². The Balaban J connectivity index is 2.57. The number of amides is 1. The SMILES string of the molecule is CN(CCC(N)=S)C(=O)c1ccnnc1. The van der Waals surface area contributed by atoms with Gasteiger partial charge >= 0.3 is 0 Å². The number of carbonyl (C=O) groups excluding carboxylic acids is 1. The van der Waals surface area contributed by atoms with E-state index < -0.39 is 0 Å². The summed E-state index contributed by atoms with van der Waals surface area (Å²) in [7, 11) is 1.70. The first-order chi connectivity index (χ1) is 7.11. The molecule has 0 aliphatic carbocycles. The van der Waals surface area contributed by atoms with Crippen molar-refractivity contribution in [1.29, 1.82) is 0 Å². The Morgan fingerprint density at radius 2 is 2.33 bits per heavy atom. The van der Waals surface area contributed by atoms with Gasteiger partial charge < -0.3 is 10.6 Å². The molecule has 0 aliphatic heterocycles. The maximum Gasteiger partial charge on any atom is 0.255 e. The summed E-state index contributed by atoms with van der Waals surface area (Å²) < 4.78 is 0. The predicted molar refractivity (Wildman–Crippen MR) is 60.4 cm³/mol. The van der Waals surface area contributed by atoms with Crippen LogP contribution < -0.4 is 5.73 Å². The fourth-order valence-electron chi connectivity index (χ4n) is 1.02. The molecular formula is C9H12N4OS. The number of nitrogens with zero attached hydrogens (tertiary/aromatic N) is 3. The summed E-state index contributed by atoms with van der Waals surface area (Å²) >= 11 is 4.73. The van der Waals surface area contributed by atoms with Gasteiger partial charge in [0.1, 0.15) is 0 Å². The van der Waals surface area contributed by atoms with Crippen LogP contribution >= 0.6 is 12.2 Å². The third-order valence-corrected chi connectivity index (χ3v) is 2.08. The average Bonchev–Trinajstić information content (AvgIpc) is 2.26. The minimum Gasteiger partial charge on any atom is -0.393 e. The lowest BCUT2D eigenvalue weighted by Gasteiger charge is -2.16. The maximum atomic E-state index is 11.7. The molecule has 1 rings (SSSR count). The molecule has 0 aromatic carbocycles. The lowest BCUT2D eigenvalue weighted by molar-refractivity contribution is 0.0798. The van der Waals surface area contributed by atoms with Gasteiger partial charge in [-0.15, -0.1) is 0 Å². The fourth-order valence-corrected chi connectivity index (χ4v) is 1.11.